The fourth-order valence-electron chi connectivity index (χ4n) is 2.15. The molecule has 1 unspecified atom stereocenters. The highest BCUT2D eigenvalue weighted by Gasteiger charge is 2.16. The van der Waals surface area contributed by atoms with Crippen molar-refractivity contribution in [1.29, 1.82) is 0 Å². The molecule has 1 aromatic rings. The number of nitrogens with one attached hydrogen (secondary N) is 1. The molecule has 0 radical (unpaired) electrons. The van der Waals surface area contributed by atoms with Crippen LogP contribution in [0.25, 0.3) is 0 Å². The van der Waals surface area contributed by atoms with Crippen molar-refractivity contribution in [3.8, 4) is 11.8 Å². The summed E-state index contributed by atoms with van der Waals surface area (Å²) in [6, 6.07) is 0.384. The smallest absolute Gasteiger partial charge is 0.0669 e. The van der Waals surface area contributed by atoms with Crippen molar-refractivity contribution < 1.29 is 0 Å². The summed E-state index contributed by atoms with van der Waals surface area (Å²) in [5, 5.41) is 8.14. The summed E-state index contributed by atoms with van der Waals surface area (Å²) in [7, 11) is 1.99. The molecule has 0 aromatic carbocycles. The van der Waals surface area contributed by atoms with Crippen molar-refractivity contribution in [2.24, 2.45) is 7.05 Å². The van der Waals surface area contributed by atoms with Crippen LogP contribution >= 0.6 is 0 Å². The van der Waals surface area contributed by atoms with Crippen molar-refractivity contribution in [3.05, 3.63) is 17.5 Å². The van der Waals surface area contributed by atoms with E-state index in [0.717, 1.165) is 32.2 Å². The lowest BCUT2D eigenvalue weighted by atomic mass is 10.0. The summed E-state index contributed by atoms with van der Waals surface area (Å²) < 4.78 is 1.92. The van der Waals surface area contributed by atoms with Gasteiger partial charge in [0.15, 0.2) is 0 Å². The Hall–Kier alpha value is -1.27. The van der Waals surface area contributed by atoms with Gasteiger partial charge in [-0.1, -0.05) is 13.8 Å². The minimum atomic E-state index is 0.384. The zero-order valence-corrected chi connectivity index (χ0v) is 12.1. The van der Waals surface area contributed by atoms with Crippen LogP contribution in [0.2, 0.25) is 0 Å². The van der Waals surface area contributed by atoms with E-state index in [4.69, 9.17) is 0 Å². The average Bonchev–Trinajstić information content (AvgIpc) is 2.75. The summed E-state index contributed by atoms with van der Waals surface area (Å²) >= 11 is 0. The zero-order valence-electron chi connectivity index (χ0n) is 12.1. The molecule has 0 amide bonds. The highest BCUT2D eigenvalue weighted by atomic mass is 15.3. The highest BCUT2D eigenvalue weighted by Crippen LogP contribution is 2.22. The Bertz CT molecular complexity index is 409. The van der Waals surface area contributed by atoms with Gasteiger partial charge in [-0.25, -0.2) is 0 Å². The fraction of sp³-hybridized carbons (Fsp3) is 0.667. The largest absolute Gasteiger partial charge is 0.310 e. The molecule has 0 spiro atoms. The van der Waals surface area contributed by atoms with Gasteiger partial charge < -0.3 is 5.32 Å². The second-order valence-electron chi connectivity index (χ2n) is 4.53. The average molecular weight is 247 g/mol. The van der Waals surface area contributed by atoms with Gasteiger partial charge in [0.2, 0.25) is 0 Å². The van der Waals surface area contributed by atoms with Crippen molar-refractivity contribution in [2.45, 2.75) is 52.5 Å². The van der Waals surface area contributed by atoms with E-state index in [1.54, 1.807) is 0 Å². The van der Waals surface area contributed by atoms with Crippen molar-refractivity contribution in [3.63, 3.8) is 0 Å². The molecular formula is C15H25N3. The molecule has 0 saturated carbocycles. The van der Waals surface area contributed by atoms with E-state index in [9.17, 15) is 0 Å². The summed E-state index contributed by atoms with van der Waals surface area (Å²) in [6.07, 6.45) is 6.28. The minimum Gasteiger partial charge on any atom is -0.310 e. The summed E-state index contributed by atoms with van der Waals surface area (Å²) in [4.78, 5) is 0. The molecule has 100 valence electrons. The molecule has 1 atom stereocenters. The predicted octanol–water partition coefficient (Wildman–Crippen LogP) is 2.83. The molecule has 0 aliphatic carbocycles. The monoisotopic (exact) mass is 247 g/mol. The predicted molar refractivity (Wildman–Crippen MR) is 76.3 cm³/mol. The molecule has 0 bridgehead atoms. The van der Waals surface area contributed by atoms with E-state index in [1.807, 2.05) is 18.7 Å². The Morgan fingerprint density at radius 3 is 2.83 bits per heavy atom. The first-order valence-electron chi connectivity index (χ1n) is 6.88. The Morgan fingerprint density at radius 1 is 1.44 bits per heavy atom. The summed E-state index contributed by atoms with van der Waals surface area (Å²) in [5.74, 6) is 6.12. The fourth-order valence-corrected chi connectivity index (χ4v) is 2.15. The van der Waals surface area contributed by atoms with E-state index in [-0.39, 0.29) is 0 Å². The summed E-state index contributed by atoms with van der Waals surface area (Å²) in [6.45, 7) is 7.30. The third-order valence-electron chi connectivity index (χ3n) is 3.02. The van der Waals surface area contributed by atoms with Crippen LogP contribution in [0, 0.1) is 11.8 Å². The Kier molecular flexibility index (Phi) is 6.53. The highest BCUT2D eigenvalue weighted by molar-refractivity contribution is 5.22. The standard InChI is InChI=1S/C15H25N3/c1-5-8-9-10-15(16-11-6-2)13-12-18(4)17-14(13)7-3/h12,15-16H,6-7,9-11H2,1-4H3. The van der Waals surface area contributed by atoms with Gasteiger partial charge in [-0.2, -0.15) is 5.10 Å². The second-order valence-corrected chi connectivity index (χ2v) is 4.53. The first kappa shape index (κ1) is 14.8. The van der Waals surface area contributed by atoms with Gasteiger partial charge in [0.25, 0.3) is 0 Å². The third-order valence-corrected chi connectivity index (χ3v) is 3.02. The molecular weight excluding hydrogens is 222 g/mol. The summed E-state index contributed by atoms with van der Waals surface area (Å²) in [5.41, 5.74) is 2.54. The van der Waals surface area contributed by atoms with Crippen molar-refractivity contribution >= 4 is 0 Å². The molecule has 0 aliphatic heterocycles. The zero-order chi connectivity index (χ0) is 13.4. The molecule has 1 N–H and O–H groups in total. The Labute approximate surface area is 111 Å². The molecule has 3 heteroatoms. The van der Waals surface area contributed by atoms with Crippen LogP contribution in [0.4, 0.5) is 0 Å². The maximum atomic E-state index is 4.53. The maximum absolute atomic E-state index is 4.53. The van der Waals surface area contributed by atoms with E-state index >= 15 is 0 Å². The lowest BCUT2D eigenvalue weighted by Crippen LogP contribution is -2.22. The van der Waals surface area contributed by atoms with Gasteiger partial charge in [0.1, 0.15) is 0 Å². The molecule has 0 fully saturated rings. The molecule has 1 aromatic heterocycles. The van der Waals surface area contributed by atoms with Gasteiger partial charge in [-0.3, -0.25) is 4.68 Å². The van der Waals surface area contributed by atoms with E-state index in [0.29, 0.717) is 6.04 Å². The van der Waals surface area contributed by atoms with Gasteiger partial charge in [0, 0.05) is 31.3 Å². The number of aromatic nitrogens is 2. The van der Waals surface area contributed by atoms with E-state index in [2.05, 4.69) is 42.3 Å². The number of aryl methyl sites for hydroxylation is 2. The van der Waals surface area contributed by atoms with E-state index < -0.39 is 0 Å². The first-order chi connectivity index (χ1) is 8.72. The van der Waals surface area contributed by atoms with Gasteiger partial charge >= 0.3 is 0 Å². The van der Waals surface area contributed by atoms with Crippen LogP contribution < -0.4 is 5.32 Å². The quantitative estimate of drug-likeness (QED) is 0.751. The molecule has 1 heterocycles. The number of hydrogen-bond acceptors (Lipinski definition) is 2. The second kappa shape index (κ2) is 7.94. The van der Waals surface area contributed by atoms with E-state index in [1.165, 1.54) is 11.3 Å². The Morgan fingerprint density at radius 2 is 2.22 bits per heavy atom. The molecule has 0 saturated heterocycles. The van der Waals surface area contributed by atoms with Gasteiger partial charge in [-0.15, -0.1) is 11.8 Å². The van der Waals surface area contributed by atoms with Crippen molar-refractivity contribution in [2.75, 3.05) is 6.54 Å². The minimum absolute atomic E-state index is 0.384. The molecule has 1 rings (SSSR count). The van der Waals surface area contributed by atoms with Gasteiger partial charge in [0.05, 0.1) is 5.69 Å². The third kappa shape index (κ3) is 4.19. The lowest BCUT2D eigenvalue weighted by molar-refractivity contribution is 0.502. The normalized spacial score (nSPS) is 12.0. The lowest BCUT2D eigenvalue weighted by Gasteiger charge is -2.17. The maximum Gasteiger partial charge on any atom is 0.0669 e. The van der Waals surface area contributed by atoms with Crippen molar-refractivity contribution in [1.82, 2.24) is 15.1 Å². The van der Waals surface area contributed by atoms with Crippen LogP contribution in [0.1, 0.15) is 57.3 Å². The van der Waals surface area contributed by atoms with Crippen LogP contribution in [0.5, 0.6) is 0 Å². The topological polar surface area (TPSA) is 29.9 Å². The van der Waals surface area contributed by atoms with Crippen LogP contribution in [-0.4, -0.2) is 16.3 Å². The number of nitrogens with zero attached hydrogens (tertiary/aromatic N) is 2. The molecule has 3 nitrogen and oxygen atoms in total. The SMILES string of the molecule is CC#CCCC(NCCC)c1cn(C)nc1CC. The van der Waals surface area contributed by atoms with Crippen LogP contribution in [0.3, 0.4) is 0 Å². The Balaban J connectivity index is 2.80. The van der Waals surface area contributed by atoms with Gasteiger partial charge in [-0.05, 0) is 32.7 Å². The first-order valence-corrected chi connectivity index (χ1v) is 6.88. The number of hydrogen-bond donors (Lipinski definition) is 1. The number of rotatable bonds is 7. The molecule has 0 aliphatic rings. The van der Waals surface area contributed by atoms with Crippen LogP contribution in [0.15, 0.2) is 6.20 Å². The molecule has 18 heavy (non-hydrogen) atoms. The van der Waals surface area contributed by atoms with Crippen LogP contribution in [-0.2, 0) is 13.5 Å².